The molecule has 18 heavy (non-hydrogen) atoms. The van der Waals surface area contributed by atoms with Crippen molar-refractivity contribution in [1.82, 2.24) is 5.32 Å². The first-order valence-electron chi connectivity index (χ1n) is 6.48. The lowest BCUT2D eigenvalue weighted by Gasteiger charge is -2.28. The van der Waals surface area contributed by atoms with Gasteiger partial charge in [0, 0.05) is 43.2 Å². The number of amides is 1. The van der Waals surface area contributed by atoms with Gasteiger partial charge in [0.05, 0.1) is 0 Å². The van der Waals surface area contributed by atoms with Gasteiger partial charge in [0.1, 0.15) is 0 Å². The van der Waals surface area contributed by atoms with Gasteiger partial charge >= 0.3 is 0 Å². The molecule has 0 aromatic heterocycles. The molecule has 0 unspecified atom stereocenters. The van der Waals surface area contributed by atoms with Gasteiger partial charge in [-0.1, -0.05) is 19.1 Å². The lowest BCUT2D eigenvalue weighted by atomic mass is 10.2. The predicted molar refractivity (Wildman–Crippen MR) is 78.1 cm³/mol. The normalized spacial score (nSPS) is 15.5. The summed E-state index contributed by atoms with van der Waals surface area (Å²) in [6, 6.07) is 8.52. The Bertz CT molecular complexity index is 385. The minimum absolute atomic E-state index is 0.104. The largest absolute Gasteiger partial charge is 0.370 e. The Morgan fingerprint density at radius 2 is 1.94 bits per heavy atom. The van der Waals surface area contributed by atoms with Gasteiger partial charge in [-0.2, -0.15) is 11.8 Å². The minimum atomic E-state index is 0.104. The summed E-state index contributed by atoms with van der Waals surface area (Å²) in [5.41, 5.74) is 2.45. The Hall–Kier alpha value is -1.16. The average molecular weight is 264 g/mol. The first-order chi connectivity index (χ1) is 8.79. The van der Waals surface area contributed by atoms with Crippen molar-refractivity contribution in [3.63, 3.8) is 0 Å². The summed E-state index contributed by atoms with van der Waals surface area (Å²) in [6.45, 7) is 4.77. The zero-order valence-electron chi connectivity index (χ0n) is 10.8. The Labute approximate surface area is 113 Å². The third kappa shape index (κ3) is 3.67. The summed E-state index contributed by atoms with van der Waals surface area (Å²) in [7, 11) is 0. The molecular weight excluding hydrogens is 244 g/mol. The van der Waals surface area contributed by atoms with Crippen molar-refractivity contribution in [1.29, 1.82) is 0 Å². The molecule has 1 amide bonds. The molecule has 0 saturated carbocycles. The quantitative estimate of drug-likeness (QED) is 0.905. The van der Waals surface area contributed by atoms with E-state index in [4.69, 9.17) is 0 Å². The molecule has 4 heteroatoms. The molecule has 2 rings (SSSR count). The molecule has 1 aromatic carbocycles. The molecule has 1 aliphatic rings. The van der Waals surface area contributed by atoms with E-state index in [1.165, 1.54) is 17.2 Å². The molecule has 3 nitrogen and oxygen atoms in total. The van der Waals surface area contributed by atoms with Crippen LogP contribution in [-0.4, -0.2) is 30.5 Å². The number of hydrogen-bond donors (Lipinski definition) is 1. The van der Waals surface area contributed by atoms with E-state index in [0.29, 0.717) is 13.0 Å². The monoisotopic (exact) mass is 264 g/mol. The van der Waals surface area contributed by atoms with E-state index in [9.17, 15) is 4.79 Å². The van der Waals surface area contributed by atoms with E-state index in [1.54, 1.807) is 0 Å². The highest BCUT2D eigenvalue weighted by Crippen LogP contribution is 2.19. The van der Waals surface area contributed by atoms with Crippen molar-refractivity contribution in [2.45, 2.75) is 19.9 Å². The molecule has 1 heterocycles. The van der Waals surface area contributed by atoms with E-state index in [0.717, 1.165) is 18.7 Å². The number of carbonyl (C=O) groups is 1. The summed E-state index contributed by atoms with van der Waals surface area (Å²) in [6.07, 6.45) is 0.545. The molecule has 0 bridgehead atoms. The van der Waals surface area contributed by atoms with Gasteiger partial charge in [0.25, 0.3) is 0 Å². The van der Waals surface area contributed by atoms with Crippen LogP contribution >= 0.6 is 11.8 Å². The third-order valence-electron chi connectivity index (χ3n) is 3.12. The standard InChI is InChI=1S/C14H20N2OS/c1-2-14(17)15-11-12-3-5-13(6-4-12)16-7-9-18-10-8-16/h3-6H,2,7-11H2,1H3,(H,15,17). The summed E-state index contributed by atoms with van der Waals surface area (Å²) in [5.74, 6) is 2.54. The van der Waals surface area contributed by atoms with Crippen LogP contribution in [-0.2, 0) is 11.3 Å². The maximum Gasteiger partial charge on any atom is 0.219 e. The average Bonchev–Trinajstić information content (AvgIpc) is 2.46. The van der Waals surface area contributed by atoms with Crippen molar-refractivity contribution in [2.24, 2.45) is 0 Å². The fourth-order valence-corrected chi connectivity index (χ4v) is 2.87. The van der Waals surface area contributed by atoms with Gasteiger partial charge in [-0.05, 0) is 17.7 Å². The van der Waals surface area contributed by atoms with Gasteiger partial charge in [0.15, 0.2) is 0 Å². The van der Waals surface area contributed by atoms with Gasteiger partial charge in [-0.25, -0.2) is 0 Å². The third-order valence-corrected chi connectivity index (χ3v) is 4.07. The van der Waals surface area contributed by atoms with Crippen LogP contribution in [0.15, 0.2) is 24.3 Å². The van der Waals surface area contributed by atoms with Crippen LogP contribution in [0.1, 0.15) is 18.9 Å². The number of nitrogens with zero attached hydrogens (tertiary/aromatic N) is 1. The number of carbonyl (C=O) groups excluding carboxylic acids is 1. The molecule has 0 atom stereocenters. The lowest BCUT2D eigenvalue weighted by molar-refractivity contribution is -0.120. The Morgan fingerprint density at radius 3 is 2.56 bits per heavy atom. The molecule has 1 N–H and O–H groups in total. The SMILES string of the molecule is CCC(=O)NCc1ccc(N2CCSCC2)cc1. The second kappa shape index (κ2) is 6.69. The maximum atomic E-state index is 11.2. The highest BCUT2D eigenvalue weighted by molar-refractivity contribution is 7.99. The van der Waals surface area contributed by atoms with Gasteiger partial charge in [0.2, 0.25) is 5.91 Å². The zero-order chi connectivity index (χ0) is 12.8. The first-order valence-corrected chi connectivity index (χ1v) is 7.63. The van der Waals surface area contributed by atoms with E-state index in [2.05, 4.69) is 34.5 Å². The maximum absolute atomic E-state index is 11.2. The molecule has 1 aliphatic heterocycles. The topological polar surface area (TPSA) is 32.3 Å². The van der Waals surface area contributed by atoms with Crippen molar-refractivity contribution >= 4 is 23.4 Å². The second-order valence-corrected chi connectivity index (χ2v) is 5.62. The lowest BCUT2D eigenvalue weighted by Crippen LogP contribution is -2.32. The first kappa shape index (κ1) is 13.3. The minimum Gasteiger partial charge on any atom is -0.370 e. The number of nitrogens with one attached hydrogen (secondary N) is 1. The van der Waals surface area contributed by atoms with Gasteiger partial charge in [-0.3, -0.25) is 4.79 Å². The Kier molecular flexibility index (Phi) is 4.93. The van der Waals surface area contributed by atoms with Crippen LogP contribution in [0.25, 0.3) is 0 Å². The number of hydrogen-bond acceptors (Lipinski definition) is 3. The fourth-order valence-electron chi connectivity index (χ4n) is 1.97. The van der Waals surface area contributed by atoms with E-state index in [-0.39, 0.29) is 5.91 Å². The molecule has 1 aromatic rings. The van der Waals surface area contributed by atoms with Crippen molar-refractivity contribution in [3.8, 4) is 0 Å². The smallest absolute Gasteiger partial charge is 0.219 e. The fraction of sp³-hybridized carbons (Fsp3) is 0.500. The van der Waals surface area contributed by atoms with E-state index >= 15 is 0 Å². The molecule has 0 radical (unpaired) electrons. The van der Waals surface area contributed by atoms with Crippen LogP contribution in [0.3, 0.4) is 0 Å². The Morgan fingerprint density at radius 1 is 1.28 bits per heavy atom. The molecule has 98 valence electrons. The Balaban J connectivity index is 1.90. The van der Waals surface area contributed by atoms with Gasteiger partial charge in [-0.15, -0.1) is 0 Å². The number of rotatable bonds is 4. The number of benzene rings is 1. The molecule has 1 fully saturated rings. The van der Waals surface area contributed by atoms with Crippen LogP contribution in [0.2, 0.25) is 0 Å². The van der Waals surface area contributed by atoms with Crippen molar-refractivity contribution in [2.75, 3.05) is 29.5 Å². The molecule has 1 saturated heterocycles. The summed E-state index contributed by atoms with van der Waals surface area (Å²) in [5, 5.41) is 2.89. The number of anilines is 1. The van der Waals surface area contributed by atoms with Crippen molar-refractivity contribution in [3.05, 3.63) is 29.8 Å². The van der Waals surface area contributed by atoms with Crippen LogP contribution in [0.5, 0.6) is 0 Å². The summed E-state index contributed by atoms with van der Waals surface area (Å²) in [4.78, 5) is 13.6. The zero-order valence-corrected chi connectivity index (χ0v) is 11.6. The predicted octanol–water partition coefficient (Wildman–Crippen LogP) is 2.27. The summed E-state index contributed by atoms with van der Waals surface area (Å²) < 4.78 is 0. The van der Waals surface area contributed by atoms with Gasteiger partial charge < -0.3 is 10.2 Å². The number of thioether (sulfide) groups is 1. The van der Waals surface area contributed by atoms with E-state index in [1.807, 2.05) is 18.7 Å². The van der Waals surface area contributed by atoms with Crippen molar-refractivity contribution < 1.29 is 4.79 Å². The van der Waals surface area contributed by atoms with Crippen LogP contribution in [0, 0.1) is 0 Å². The van der Waals surface area contributed by atoms with Crippen LogP contribution < -0.4 is 10.2 Å². The summed E-state index contributed by atoms with van der Waals surface area (Å²) >= 11 is 2.02. The van der Waals surface area contributed by atoms with E-state index < -0.39 is 0 Å². The second-order valence-electron chi connectivity index (χ2n) is 4.40. The molecule has 0 spiro atoms. The van der Waals surface area contributed by atoms with Crippen LogP contribution in [0.4, 0.5) is 5.69 Å². The molecule has 0 aliphatic carbocycles. The molecular formula is C14H20N2OS. The highest BCUT2D eigenvalue weighted by Gasteiger charge is 2.10. The highest BCUT2D eigenvalue weighted by atomic mass is 32.2.